The first-order chi connectivity index (χ1) is 16.6. The number of anilines is 1. The first kappa shape index (κ1) is 26.0. The Morgan fingerprint density at radius 1 is 1.00 bits per heavy atom. The van der Waals surface area contributed by atoms with Gasteiger partial charge in [-0.1, -0.05) is 12.1 Å². The van der Waals surface area contributed by atoms with E-state index in [-0.39, 0.29) is 23.0 Å². The number of morpholine rings is 1. The Labute approximate surface area is 200 Å². The van der Waals surface area contributed by atoms with Crippen LogP contribution in [0.2, 0.25) is 0 Å². The van der Waals surface area contributed by atoms with Gasteiger partial charge in [-0.25, -0.2) is 13.2 Å². The number of carbonyl (C=O) groups excluding carboxylic acids is 3. The van der Waals surface area contributed by atoms with E-state index in [0.29, 0.717) is 37.6 Å². The van der Waals surface area contributed by atoms with Crippen molar-refractivity contribution in [3.63, 3.8) is 0 Å². The van der Waals surface area contributed by atoms with Gasteiger partial charge in [-0.3, -0.25) is 25.3 Å². The van der Waals surface area contributed by atoms with Gasteiger partial charge in [0.1, 0.15) is 0 Å². The zero-order chi connectivity index (χ0) is 25.6. The number of alkyl halides is 2. The van der Waals surface area contributed by atoms with Crippen LogP contribution < -0.4 is 15.8 Å². The summed E-state index contributed by atoms with van der Waals surface area (Å²) in [6.45, 7) is 1.72. The summed E-state index contributed by atoms with van der Waals surface area (Å²) in [5.74, 6) is -2.42. The van der Waals surface area contributed by atoms with Crippen LogP contribution >= 0.6 is 0 Å². The summed E-state index contributed by atoms with van der Waals surface area (Å²) in [6.07, 6.45) is -2.17. The lowest BCUT2D eigenvalue weighted by atomic mass is 10.1. The van der Waals surface area contributed by atoms with Crippen LogP contribution in [-0.4, -0.2) is 70.1 Å². The average Bonchev–Trinajstić information content (AvgIpc) is 2.85. The van der Waals surface area contributed by atoms with Crippen LogP contribution in [-0.2, 0) is 25.9 Å². The molecule has 3 rings (SSSR count). The molecule has 2 aromatic carbocycles. The van der Waals surface area contributed by atoms with Gasteiger partial charge in [0.15, 0.2) is 9.84 Å². The summed E-state index contributed by atoms with van der Waals surface area (Å²) in [6, 6.07) is 11.6. The molecule has 0 aromatic heterocycles. The molecular weight excluding hydrogens is 486 g/mol. The standard InChI is InChI=1S/C22H24F2N4O6S/c1-35(32,33)18-8-6-17(7-9-18)28(22(31)27-10-12-34-13-11-27)14-15-2-4-16(5-3-15)20(29)25-26-21(30)19(23)24/h2-9,19H,10-14H2,1H3,(H,25,29)(H,26,30). The topological polar surface area (TPSA) is 125 Å². The summed E-state index contributed by atoms with van der Waals surface area (Å²) < 4.78 is 53.4. The molecule has 0 saturated carbocycles. The van der Waals surface area contributed by atoms with Gasteiger partial charge in [-0.2, -0.15) is 8.78 Å². The minimum absolute atomic E-state index is 0.104. The number of nitrogens with zero attached hydrogens (tertiary/aromatic N) is 2. The first-order valence-electron chi connectivity index (χ1n) is 10.5. The zero-order valence-corrected chi connectivity index (χ0v) is 19.6. The molecule has 0 unspecified atom stereocenters. The molecule has 4 amide bonds. The molecule has 0 bridgehead atoms. The quantitative estimate of drug-likeness (QED) is 0.569. The molecule has 13 heteroatoms. The van der Waals surface area contributed by atoms with Gasteiger partial charge in [0, 0.05) is 30.6 Å². The molecule has 1 aliphatic heterocycles. The fourth-order valence-electron chi connectivity index (χ4n) is 3.26. The van der Waals surface area contributed by atoms with Crippen LogP contribution in [0.5, 0.6) is 0 Å². The second-order valence-corrected chi connectivity index (χ2v) is 9.69. The van der Waals surface area contributed by atoms with E-state index in [9.17, 15) is 31.6 Å². The normalized spacial score (nSPS) is 13.9. The average molecular weight is 511 g/mol. The third-order valence-corrected chi connectivity index (χ3v) is 6.27. The second kappa shape index (κ2) is 11.2. The number of hydrazine groups is 1. The molecule has 0 radical (unpaired) electrons. The maximum absolute atomic E-state index is 13.3. The fourth-order valence-corrected chi connectivity index (χ4v) is 3.89. The summed E-state index contributed by atoms with van der Waals surface area (Å²) in [4.78, 5) is 39.5. The first-order valence-corrected chi connectivity index (χ1v) is 12.4. The number of hydrogen-bond donors (Lipinski definition) is 2. The van der Waals surface area contributed by atoms with Gasteiger partial charge in [-0.15, -0.1) is 0 Å². The van der Waals surface area contributed by atoms with Crippen LogP contribution in [0.25, 0.3) is 0 Å². The van der Waals surface area contributed by atoms with Crippen molar-refractivity contribution >= 4 is 33.4 Å². The maximum Gasteiger partial charge on any atom is 0.324 e. The lowest BCUT2D eigenvalue weighted by Gasteiger charge is -2.33. The Balaban J connectivity index is 1.78. The van der Waals surface area contributed by atoms with Crippen molar-refractivity contribution in [2.75, 3.05) is 37.5 Å². The molecule has 10 nitrogen and oxygen atoms in total. The van der Waals surface area contributed by atoms with Crippen LogP contribution in [0, 0.1) is 0 Å². The molecule has 2 aromatic rings. The van der Waals surface area contributed by atoms with Crippen molar-refractivity contribution in [1.29, 1.82) is 0 Å². The van der Waals surface area contributed by atoms with Gasteiger partial charge < -0.3 is 9.64 Å². The predicted octanol–water partition coefficient (Wildman–Crippen LogP) is 1.57. The van der Waals surface area contributed by atoms with Gasteiger partial charge in [-0.05, 0) is 42.0 Å². The van der Waals surface area contributed by atoms with Crippen LogP contribution in [0.1, 0.15) is 15.9 Å². The Kier molecular flexibility index (Phi) is 8.35. The summed E-state index contributed by atoms with van der Waals surface area (Å²) in [5, 5.41) is 0. The number of hydrogen-bond acceptors (Lipinski definition) is 6. The van der Waals surface area contributed by atoms with Crippen LogP contribution in [0.4, 0.5) is 19.3 Å². The number of amides is 4. The van der Waals surface area contributed by atoms with Crippen molar-refractivity contribution < 1.29 is 36.3 Å². The molecule has 0 aliphatic carbocycles. The Bertz CT molecular complexity index is 1170. The van der Waals surface area contributed by atoms with E-state index in [4.69, 9.17) is 4.74 Å². The lowest BCUT2D eigenvalue weighted by Crippen LogP contribution is -2.48. The highest BCUT2D eigenvalue weighted by Crippen LogP contribution is 2.22. The lowest BCUT2D eigenvalue weighted by molar-refractivity contribution is -0.132. The van der Waals surface area contributed by atoms with E-state index in [1.807, 2.05) is 5.43 Å². The van der Waals surface area contributed by atoms with Crippen molar-refractivity contribution in [2.45, 2.75) is 17.9 Å². The third kappa shape index (κ3) is 6.96. The van der Waals surface area contributed by atoms with E-state index in [1.54, 1.807) is 34.6 Å². The highest BCUT2D eigenvalue weighted by molar-refractivity contribution is 7.90. The number of carbonyl (C=O) groups is 3. The summed E-state index contributed by atoms with van der Waals surface area (Å²) in [7, 11) is -3.41. The van der Waals surface area contributed by atoms with Crippen molar-refractivity contribution in [3.8, 4) is 0 Å². The van der Waals surface area contributed by atoms with Crippen molar-refractivity contribution in [3.05, 3.63) is 59.7 Å². The number of urea groups is 1. The molecule has 35 heavy (non-hydrogen) atoms. The molecule has 1 aliphatic rings. The minimum Gasteiger partial charge on any atom is -0.378 e. The maximum atomic E-state index is 13.3. The molecular formula is C22H24F2N4O6S. The number of benzene rings is 2. The Morgan fingerprint density at radius 3 is 2.14 bits per heavy atom. The summed E-state index contributed by atoms with van der Waals surface area (Å²) in [5.41, 5.74) is 4.74. The number of sulfone groups is 1. The van der Waals surface area contributed by atoms with E-state index in [0.717, 1.165) is 6.26 Å². The predicted molar refractivity (Wildman–Crippen MR) is 122 cm³/mol. The van der Waals surface area contributed by atoms with E-state index >= 15 is 0 Å². The fraction of sp³-hybridized carbons (Fsp3) is 0.318. The largest absolute Gasteiger partial charge is 0.378 e. The molecule has 188 valence electrons. The Morgan fingerprint density at radius 2 is 1.60 bits per heavy atom. The third-order valence-electron chi connectivity index (χ3n) is 5.14. The SMILES string of the molecule is CS(=O)(=O)c1ccc(N(Cc2ccc(C(=O)NNC(=O)C(F)F)cc2)C(=O)N2CCOCC2)cc1. The smallest absolute Gasteiger partial charge is 0.324 e. The number of ether oxygens (including phenoxy) is 1. The zero-order valence-electron chi connectivity index (χ0n) is 18.7. The molecule has 1 fully saturated rings. The highest BCUT2D eigenvalue weighted by Gasteiger charge is 2.25. The number of rotatable bonds is 6. The second-order valence-electron chi connectivity index (χ2n) is 7.68. The van der Waals surface area contributed by atoms with E-state index < -0.39 is 28.1 Å². The molecule has 1 saturated heterocycles. The van der Waals surface area contributed by atoms with Crippen LogP contribution in [0.15, 0.2) is 53.4 Å². The highest BCUT2D eigenvalue weighted by atomic mass is 32.2. The van der Waals surface area contributed by atoms with E-state index in [2.05, 4.69) is 0 Å². The van der Waals surface area contributed by atoms with Crippen LogP contribution in [0.3, 0.4) is 0 Å². The minimum atomic E-state index is -3.41. The van der Waals surface area contributed by atoms with Gasteiger partial charge in [0.05, 0.1) is 24.7 Å². The van der Waals surface area contributed by atoms with Gasteiger partial charge in [0.25, 0.3) is 5.91 Å². The molecule has 0 spiro atoms. The molecule has 0 atom stereocenters. The van der Waals surface area contributed by atoms with Gasteiger partial charge in [0.2, 0.25) is 0 Å². The molecule has 2 N–H and O–H groups in total. The van der Waals surface area contributed by atoms with Crippen molar-refractivity contribution in [1.82, 2.24) is 15.8 Å². The van der Waals surface area contributed by atoms with Crippen molar-refractivity contribution in [2.24, 2.45) is 0 Å². The van der Waals surface area contributed by atoms with E-state index in [1.165, 1.54) is 29.2 Å². The Hall–Kier alpha value is -3.58. The molecule has 1 heterocycles. The van der Waals surface area contributed by atoms with Gasteiger partial charge >= 0.3 is 18.4 Å². The number of nitrogens with one attached hydrogen (secondary N) is 2. The monoisotopic (exact) mass is 510 g/mol. The summed E-state index contributed by atoms with van der Waals surface area (Å²) >= 11 is 0. The number of halogens is 2.